The molecule has 1 rings (SSSR count). The Morgan fingerprint density at radius 3 is 2.53 bits per heavy atom. The van der Waals surface area contributed by atoms with Crippen LogP contribution in [0.5, 0.6) is 5.75 Å². The van der Waals surface area contributed by atoms with Crippen LogP contribution in [0.25, 0.3) is 0 Å². The number of ether oxygens (including phenoxy) is 1. The van der Waals surface area contributed by atoms with Crippen molar-refractivity contribution in [1.29, 1.82) is 0 Å². The lowest BCUT2D eigenvalue weighted by Gasteiger charge is -2.14. The number of benzene rings is 1. The zero-order valence-corrected chi connectivity index (χ0v) is 11.4. The Kier molecular flexibility index (Phi) is 4.65. The molecule has 0 aliphatic carbocycles. The van der Waals surface area contributed by atoms with Gasteiger partial charge in [-0.1, -0.05) is 12.1 Å². The highest BCUT2D eigenvalue weighted by Crippen LogP contribution is 2.34. The first-order chi connectivity index (χ1) is 7.72. The summed E-state index contributed by atoms with van der Waals surface area (Å²) in [6, 6.07) is 4.02. The maximum Gasteiger partial charge on any atom is 0.573 e. The van der Waals surface area contributed by atoms with Gasteiger partial charge < -0.3 is 4.74 Å². The van der Waals surface area contributed by atoms with Crippen LogP contribution in [0.4, 0.5) is 13.2 Å². The minimum Gasteiger partial charge on any atom is -0.405 e. The summed E-state index contributed by atoms with van der Waals surface area (Å²) in [5, 5.41) is -0.973. The van der Waals surface area contributed by atoms with Gasteiger partial charge in [-0.15, -0.1) is 24.8 Å². The van der Waals surface area contributed by atoms with E-state index in [4.69, 9.17) is 11.6 Å². The van der Waals surface area contributed by atoms with Crippen molar-refractivity contribution in [3.63, 3.8) is 0 Å². The Balaban J connectivity index is 3.12. The fourth-order valence-electron chi connectivity index (χ4n) is 1.15. The van der Waals surface area contributed by atoms with Crippen LogP contribution in [0, 0.1) is 3.57 Å². The summed E-state index contributed by atoms with van der Waals surface area (Å²) in [5.74, 6) is -0.698. The van der Waals surface area contributed by atoms with E-state index in [1.807, 2.05) is 0 Å². The van der Waals surface area contributed by atoms with E-state index in [0.717, 1.165) is 0 Å². The molecule has 0 saturated carbocycles. The van der Waals surface area contributed by atoms with Gasteiger partial charge in [-0.05, 0) is 41.1 Å². The average Bonchev–Trinajstić information content (AvgIpc) is 2.18. The van der Waals surface area contributed by atoms with Crippen molar-refractivity contribution in [2.75, 3.05) is 0 Å². The Bertz CT molecular complexity index is 434. The van der Waals surface area contributed by atoms with Gasteiger partial charge in [0.15, 0.2) is 5.78 Å². The normalized spacial score (nSPS) is 13.3. The SMILES string of the molecule is CC(=O)C(Cl)c1cccc(OC(F)(F)F)c1I. The Morgan fingerprint density at radius 1 is 1.47 bits per heavy atom. The molecule has 7 heteroatoms. The summed E-state index contributed by atoms with van der Waals surface area (Å²) in [5.41, 5.74) is 0.307. The quantitative estimate of drug-likeness (QED) is 0.586. The molecule has 0 aliphatic heterocycles. The second-order valence-corrected chi connectivity index (χ2v) is 4.70. The van der Waals surface area contributed by atoms with Crippen LogP contribution >= 0.6 is 34.2 Å². The molecule has 1 aromatic rings. The number of halogens is 5. The van der Waals surface area contributed by atoms with E-state index in [-0.39, 0.29) is 15.1 Å². The first-order valence-corrected chi connectivity index (χ1v) is 5.92. The van der Waals surface area contributed by atoms with Crippen LogP contribution < -0.4 is 4.74 Å². The number of hydrogen-bond acceptors (Lipinski definition) is 2. The lowest BCUT2D eigenvalue weighted by molar-refractivity contribution is -0.275. The van der Waals surface area contributed by atoms with Crippen molar-refractivity contribution in [1.82, 2.24) is 0 Å². The van der Waals surface area contributed by atoms with Crippen molar-refractivity contribution in [3.05, 3.63) is 27.3 Å². The molecule has 1 aromatic carbocycles. The van der Waals surface area contributed by atoms with Gasteiger partial charge in [-0.25, -0.2) is 0 Å². The fourth-order valence-corrected chi connectivity index (χ4v) is 2.29. The molecular formula is C10H7ClF3IO2. The summed E-state index contributed by atoms with van der Waals surface area (Å²) >= 11 is 7.47. The van der Waals surface area contributed by atoms with Crippen LogP contribution in [0.3, 0.4) is 0 Å². The Hall–Kier alpha value is -0.500. The highest BCUT2D eigenvalue weighted by atomic mass is 127. The van der Waals surface area contributed by atoms with Gasteiger partial charge in [0.25, 0.3) is 0 Å². The molecule has 0 aliphatic rings. The Labute approximate surface area is 114 Å². The highest BCUT2D eigenvalue weighted by molar-refractivity contribution is 14.1. The molecule has 0 N–H and O–H groups in total. The maximum absolute atomic E-state index is 12.1. The molecule has 17 heavy (non-hydrogen) atoms. The van der Waals surface area contributed by atoms with E-state index >= 15 is 0 Å². The molecule has 0 heterocycles. The zero-order chi connectivity index (χ0) is 13.2. The van der Waals surface area contributed by atoms with Crippen LogP contribution in [0.15, 0.2) is 18.2 Å². The first-order valence-electron chi connectivity index (χ1n) is 4.41. The minimum atomic E-state index is -4.77. The zero-order valence-electron chi connectivity index (χ0n) is 8.52. The smallest absolute Gasteiger partial charge is 0.405 e. The number of hydrogen-bond donors (Lipinski definition) is 0. The molecule has 0 fully saturated rings. The average molecular weight is 379 g/mol. The van der Waals surface area contributed by atoms with Crippen molar-refractivity contribution < 1.29 is 22.7 Å². The lowest BCUT2D eigenvalue weighted by Crippen LogP contribution is -2.18. The number of carbonyl (C=O) groups is 1. The van der Waals surface area contributed by atoms with Gasteiger partial charge in [0.05, 0.1) is 3.57 Å². The molecule has 2 nitrogen and oxygen atoms in total. The first kappa shape index (κ1) is 14.6. The van der Waals surface area contributed by atoms with Gasteiger partial charge in [-0.3, -0.25) is 4.79 Å². The van der Waals surface area contributed by atoms with Gasteiger partial charge >= 0.3 is 6.36 Å². The summed E-state index contributed by atoms with van der Waals surface area (Å²) < 4.78 is 40.3. The molecule has 0 aromatic heterocycles. The highest BCUT2D eigenvalue weighted by Gasteiger charge is 2.32. The Morgan fingerprint density at radius 2 is 2.06 bits per heavy atom. The van der Waals surface area contributed by atoms with Crippen LogP contribution in [0.2, 0.25) is 0 Å². The van der Waals surface area contributed by atoms with E-state index < -0.39 is 11.7 Å². The predicted octanol–water partition coefficient (Wildman–Crippen LogP) is 4.06. The summed E-state index contributed by atoms with van der Waals surface area (Å²) in [6.45, 7) is 1.27. The number of ketones is 1. The number of carbonyl (C=O) groups excluding carboxylic acids is 1. The molecule has 0 saturated heterocycles. The van der Waals surface area contributed by atoms with Crippen molar-refractivity contribution in [3.8, 4) is 5.75 Å². The number of Topliss-reactive ketones (excluding diaryl/α,β-unsaturated/α-hetero) is 1. The van der Waals surface area contributed by atoms with Gasteiger partial charge in [0, 0.05) is 0 Å². The summed E-state index contributed by atoms with van der Waals surface area (Å²) in [7, 11) is 0. The van der Waals surface area contributed by atoms with Crippen molar-refractivity contribution in [2.45, 2.75) is 18.7 Å². The summed E-state index contributed by atoms with van der Waals surface area (Å²) in [6.07, 6.45) is -4.77. The van der Waals surface area contributed by atoms with Crippen LogP contribution in [0.1, 0.15) is 17.9 Å². The largest absolute Gasteiger partial charge is 0.573 e. The molecular weight excluding hydrogens is 371 g/mol. The second kappa shape index (κ2) is 5.43. The molecule has 0 amide bonds. The third-order valence-corrected chi connectivity index (χ3v) is 3.55. The third kappa shape index (κ3) is 4.02. The molecule has 1 unspecified atom stereocenters. The minimum absolute atomic E-state index is 0.178. The van der Waals surface area contributed by atoms with E-state index in [9.17, 15) is 18.0 Å². The maximum atomic E-state index is 12.1. The molecule has 0 spiro atoms. The second-order valence-electron chi connectivity index (χ2n) is 3.18. The van der Waals surface area contributed by atoms with Gasteiger partial charge in [0.2, 0.25) is 0 Å². The van der Waals surface area contributed by atoms with Gasteiger partial charge in [-0.2, -0.15) is 0 Å². The third-order valence-electron chi connectivity index (χ3n) is 1.85. The van der Waals surface area contributed by atoms with E-state index in [1.165, 1.54) is 25.1 Å². The van der Waals surface area contributed by atoms with Gasteiger partial charge in [0.1, 0.15) is 11.1 Å². The molecule has 0 bridgehead atoms. The van der Waals surface area contributed by atoms with E-state index in [1.54, 1.807) is 22.6 Å². The van der Waals surface area contributed by atoms with Crippen LogP contribution in [-0.2, 0) is 4.79 Å². The lowest BCUT2D eigenvalue weighted by atomic mass is 10.1. The topological polar surface area (TPSA) is 26.3 Å². The monoisotopic (exact) mass is 378 g/mol. The number of rotatable bonds is 3. The standard InChI is InChI=1S/C10H7ClF3IO2/c1-5(16)8(11)6-3-2-4-7(9(6)15)17-10(12,13)14/h2-4,8H,1H3. The number of alkyl halides is 4. The van der Waals surface area contributed by atoms with Crippen molar-refractivity contribution in [2.24, 2.45) is 0 Å². The van der Waals surface area contributed by atoms with E-state index in [0.29, 0.717) is 5.56 Å². The summed E-state index contributed by atoms with van der Waals surface area (Å²) in [4.78, 5) is 11.1. The molecule has 94 valence electrons. The predicted molar refractivity (Wildman–Crippen MR) is 65.1 cm³/mol. The fraction of sp³-hybridized carbons (Fsp3) is 0.300. The molecule has 1 atom stereocenters. The molecule has 0 radical (unpaired) electrons. The van der Waals surface area contributed by atoms with E-state index in [2.05, 4.69) is 4.74 Å². The van der Waals surface area contributed by atoms with Crippen molar-refractivity contribution >= 4 is 40.0 Å². The van der Waals surface area contributed by atoms with Crippen LogP contribution in [-0.4, -0.2) is 12.1 Å².